The highest BCUT2D eigenvalue weighted by molar-refractivity contribution is 14.1. The van der Waals surface area contributed by atoms with Crippen LogP contribution in [0.3, 0.4) is 0 Å². The van der Waals surface area contributed by atoms with Crippen LogP contribution in [0.1, 0.15) is 0 Å². The van der Waals surface area contributed by atoms with Gasteiger partial charge in [0.05, 0.1) is 9.26 Å². The Kier molecular flexibility index (Phi) is 2.06. The predicted octanol–water partition coefficient (Wildman–Crippen LogP) is 2.22. The van der Waals surface area contributed by atoms with Crippen LogP contribution in [0.15, 0.2) is 17.1 Å². The fraction of sp³-hybridized carbons (Fsp3) is 0. The van der Waals surface area contributed by atoms with Crippen LogP contribution in [0.5, 0.6) is 0 Å². The van der Waals surface area contributed by atoms with E-state index >= 15 is 0 Å². The lowest BCUT2D eigenvalue weighted by Crippen LogP contribution is -1.63. The second kappa shape index (κ2) is 2.83. The Hall–Kier alpha value is -0.560. The van der Waals surface area contributed by atoms with E-state index in [1.54, 1.807) is 6.07 Å². The molecule has 0 radical (unpaired) electrons. The number of hydrogen-bond acceptors (Lipinski definition) is 1. The summed E-state index contributed by atoms with van der Waals surface area (Å²) in [6.45, 7) is 3.38. The van der Waals surface area contributed by atoms with E-state index in [-0.39, 0.29) is 0 Å². The van der Waals surface area contributed by atoms with Crippen LogP contribution in [0, 0.1) is 15.7 Å². The summed E-state index contributed by atoms with van der Waals surface area (Å²) in [6.07, 6.45) is 0. The maximum atomic E-state index is 3.73. The van der Waals surface area contributed by atoms with E-state index < -0.39 is 0 Å². The second-order valence-corrected chi connectivity index (χ2v) is 2.65. The van der Waals surface area contributed by atoms with Crippen LogP contribution in [-0.2, 0) is 0 Å². The maximum Gasteiger partial charge on any atom is 0.0722 e. The number of aliphatic imine (C=N–C) groups is 1. The van der Waals surface area contributed by atoms with Crippen LogP contribution < -0.4 is 0 Å². The van der Waals surface area contributed by atoms with E-state index in [4.69, 9.17) is 0 Å². The van der Waals surface area contributed by atoms with E-state index in [1.807, 2.05) is 6.07 Å². The Balaban J connectivity index is 3.07. The Morgan fingerprint density at radius 1 is 1.67 bits per heavy atom. The first-order chi connectivity index (χ1) is 4.33. The molecule has 2 heteroatoms. The number of rotatable bonds is 1. The van der Waals surface area contributed by atoms with Crippen molar-refractivity contribution in [3.8, 4) is 0 Å². The van der Waals surface area contributed by atoms with Crippen LogP contribution >= 0.6 is 22.6 Å². The van der Waals surface area contributed by atoms with Crippen molar-refractivity contribution >= 4 is 35.0 Å². The molecule has 0 fully saturated rings. The van der Waals surface area contributed by atoms with Gasteiger partial charge in [-0.25, -0.2) is 0 Å². The van der Waals surface area contributed by atoms with Crippen molar-refractivity contribution in [2.75, 3.05) is 0 Å². The van der Waals surface area contributed by atoms with E-state index in [1.165, 1.54) is 0 Å². The van der Waals surface area contributed by atoms with Crippen LogP contribution in [0.25, 0.3) is 0 Å². The largest absolute Gasteiger partial charge is 0.264 e. The highest BCUT2D eigenvalue weighted by atomic mass is 127. The molecule has 0 atom stereocenters. The standard InChI is InChI=1S/C7H4IN/c1-9-7-4-2-3-6(8)5-7/h4-5H,1H2. The minimum atomic E-state index is 0.846. The average Bonchev–Trinajstić information content (AvgIpc) is 1.88. The summed E-state index contributed by atoms with van der Waals surface area (Å²) in [5, 5.41) is 0. The molecule has 0 amide bonds. The SMILES string of the molecule is C=Nc1cc#cc(I)c1. The predicted molar refractivity (Wildman–Crippen MR) is 46.0 cm³/mol. The molecule has 0 heterocycles. The summed E-state index contributed by atoms with van der Waals surface area (Å²) in [7, 11) is 0. The Morgan fingerprint density at radius 2 is 2.44 bits per heavy atom. The van der Waals surface area contributed by atoms with Gasteiger partial charge in [-0.2, -0.15) is 0 Å². The maximum absolute atomic E-state index is 3.73. The van der Waals surface area contributed by atoms with Crippen LogP contribution in [0.2, 0.25) is 0 Å². The monoisotopic (exact) mass is 229 g/mol. The zero-order valence-electron chi connectivity index (χ0n) is 4.69. The fourth-order valence-corrected chi connectivity index (χ4v) is 0.953. The lowest BCUT2D eigenvalue weighted by Gasteiger charge is -1.85. The minimum absolute atomic E-state index is 0.846. The first-order valence-corrected chi connectivity index (χ1v) is 3.46. The normalized spacial score (nSPS) is 8.11. The van der Waals surface area contributed by atoms with Gasteiger partial charge in [0.1, 0.15) is 0 Å². The molecule has 0 aliphatic carbocycles. The van der Waals surface area contributed by atoms with Gasteiger partial charge in [-0.15, -0.1) is 0 Å². The van der Waals surface area contributed by atoms with Crippen molar-refractivity contribution in [2.45, 2.75) is 0 Å². The summed E-state index contributed by atoms with van der Waals surface area (Å²) in [5.74, 6) is 0. The lowest BCUT2D eigenvalue weighted by molar-refractivity contribution is 1.54. The van der Waals surface area contributed by atoms with Gasteiger partial charge in [0, 0.05) is 6.07 Å². The van der Waals surface area contributed by atoms with E-state index in [2.05, 4.69) is 46.4 Å². The third-order valence-electron chi connectivity index (χ3n) is 0.869. The molecule has 0 bridgehead atoms. The highest BCUT2D eigenvalue weighted by Gasteiger charge is 1.84. The van der Waals surface area contributed by atoms with Gasteiger partial charge in [0.15, 0.2) is 0 Å². The minimum Gasteiger partial charge on any atom is -0.264 e. The number of nitrogens with zero attached hydrogens (tertiary/aromatic N) is 1. The van der Waals surface area contributed by atoms with Crippen molar-refractivity contribution in [3.05, 3.63) is 27.8 Å². The zero-order chi connectivity index (χ0) is 6.69. The van der Waals surface area contributed by atoms with Crippen molar-refractivity contribution in [1.82, 2.24) is 0 Å². The van der Waals surface area contributed by atoms with Crippen molar-refractivity contribution in [3.63, 3.8) is 0 Å². The molecule has 1 aromatic carbocycles. The van der Waals surface area contributed by atoms with Gasteiger partial charge in [-0.1, -0.05) is 12.1 Å². The summed E-state index contributed by atoms with van der Waals surface area (Å²) < 4.78 is 1.01. The molecule has 1 nitrogen and oxygen atoms in total. The summed E-state index contributed by atoms with van der Waals surface area (Å²) in [4.78, 5) is 3.73. The zero-order valence-corrected chi connectivity index (χ0v) is 6.84. The van der Waals surface area contributed by atoms with Crippen LogP contribution in [-0.4, -0.2) is 6.72 Å². The van der Waals surface area contributed by atoms with Gasteiger partial charge in [-0.05, 0) is 35.4 Å². The molecule has 0 aliphatic heterocycles. The Bertz CT molecular complexity index is 220. The van der Waals surface area contributed by atoms with E-state index in [0.717, 1.165) is 9.26 Å². The molecule has 0 aliphatic rings. The van der Waals surface area contributed by atoms with Crippen LogP contribution in [0.4, 0.5) is 5.69 Å². The molecule has 9 heavy (non-hydrogen) atoms. The van der Waals surface area contributed by atoms with Gasteiger partial charge in [-0.3, -0.25) is 4.99 Å². The molecule has 0 spiro atoms. The lowest BCUT2D eigenvalue weighted by atomic mass is 10.4. The van der Waals surface area contributed by atoms with Gasteiger partial charge >= 0.3 is 0 Å². The van der Waals surface area contributed by atoms with E-state index in [9.17, 15) is 0 Å². The summed E-state index contributed by atoms with van der Waals surface area (Å²) in [5.41, 5.74) is 0.846. The summed E-state index contributed by atoms with van der Waals surface area (Å²) in [6, 6.07) is 9.33. The van der Waals surface area contributed by atoms with Crippen molar-refractivity contribution in [2.24, 2.45) is 4.99 Å². The molecule has 0 unspecified atom stereocenters. The summed E-state index contributed by atoms with van der Waals surface area (Å²) >= 11 is 2.15. The van der Waals surface area contributed by atoms with E-state index in [0.29, 0.717) is 0 Å². The number of halogens is 1. The highest BCUT2D eigenvalue weighted by Crippen LogP contribution is 2.10. The molecule has 1 aromatic rings. The third-order valence-corrected chi connectivity index (χ3v) is 1.45. The molecular formula is C7H4IN. The molecule has 0 saturated carbocycles. The number of hydrogen-bond donors (Lipinski definition) is 0. The van der Waals surface area contributed by atoms with Gasteiger partial charge in [0.25, 0.3) is 0 Å². The molecule has 0 saturated heterocycles. The molecule has 0 N–H and O–H groups in total. The molecular weight excluding hydrogens is 225 g/mol. The Morgan fingerprint density at radius 3 is 2.89 bits per heavy atom. The van der Waals surface area contributed by atoms with Crippen molar-refractivity contribution < 1.29 is 0 Å². The molecule has 1 rings (SSSR count). The van der Waals surface area contributed by atoms with Gasteiger partial charge < -0.3 is 0 Å². The fourth-order valence-electron chi connectivity index (χ4n) is 0.478. The second-order valence-electron chi connectivity index (χ2n) is 1.49. The van der Waals surface area contributed by atoms with Gasteiger partial charge in [0.2, 0.25) is 0 Å². The third kappa shape index (κ3) is 1.68. The van der Waals surface area contributed by atoms with Crippen molar-refractivity contribution in [1.29, 1.82) is 0 Å². The quantitative estimate of drug-likeness (QED) is 0.517. The average molecular weight is 229 g/mol. The first-order valence-electron chi connectivity index (χ1n) is 2.38. The topological polar surface area (TPSA) is 12.4 Å². The smallest absolute Gasteiger partial charge is 0.0722 e. The molecule has 0 aromatic heterocycles. The Labute approximate surface area is 68.0 Å². The first kappa shape index (κ1) is 6.56. The molecule has 44 valence electrons.